The van der Waals surface area contributed by atoms with E-state index < -0.39 is 0 Å². The standard InChI is InChI=1S/C11H14FN/c1-3-11(2)7-13-10-5-4-8(12)6-9(10)11/h4-6,13H,3,7H2,1-2H3/t11-/m0/s1. The summed E-state index contributed by atoms with van der Waals surface area (Å²) < 4.78 is 13.0. The fraction of sp³-hybridized carbons (Fsp3) is 0.455. The van der Waals surface area contributed by atoms with Crippen molar-refractivity contribution in [2.75, 3.05) is 11.9 Å². The Morgan fingerprint density at radius 2 is 2.31 bits per heavy atom. The molecule has 1 aromatic carbocycles. The Kier molecular flexibility index (Phi) is 1.79. The number of hydrogen-bond acceptors (Lipinski definition) is 1. The van der Waals surface area contributed by atoms with Crippen LogP contribution in [0.2, 0.25) is 0 Å². The molecule has 0 aliphatic carbocycles. The average molecular weight is 179 g/mol. The van der Waals surface area contributed by atoms with Gasteiger partial charge in [-0.15, -0.1) is 0 Å². The second kappa shape index (κ2) is 2.72. The normalized spacial score (nSPS) is 25.5. The first-order valence-corrected chi connectivity index (χ1v) is 4.69. The van der Waals surface area contributed by atoms with Gasteiger partial charge in [-0.3, -0.25) is 0 Å². The Hall–Kier alpha value is -1.05. The number of halogens is 1. The van der Waals surface area contributed by atoms with Crippen LogP contribution in [0.25, 0.3) is 0 Å². The smallest absolute Gasteiger partial charge is 0.123 e. The lowest BCUT2D eigenvalue weighted by Gasteiger charge is -2.21. The van der Waals surface area contributed by atoms with Crippen molar-refractivity contribution in [1.82, 2.24) is 0 Å². The fourth-order valence-corrected chi connectivity index (χ4v) is 1.87. The molecule has 2 rings (SSSR count). The molecule has 1 atom stereocenters. The molecule has 0 saturated carbocycles. The Bertz CT molecular complexity index is 335. The van der Waals surface area contributed by atoms with Crippen LogP contribution in [0.4, 0.5) is 10.1 Å². The van der Waals surface area contributed by atoms with Gasteiger partial charge in [0, 0.05) is 17.6 Å². The number of fused-ring (bicyclic) bond motifs is 1. The molecule has 2 heteroatoms. The fourth-order valence-electron chi connectivity index (χ4n) is 1.87. The summed E-state index contributed by atoms with van der Waals surface area (Å²) in [6.45, 7) is 5.23. The summed E-state index contributed by atoms with van der Waals surface area (Å²) in [6, 6.07) is 4.98. The third kappa shape index (κ3) is 1.21. The zero-order valence-corrected chi connectivity index (χ0v) is 8.02. The molecule has 0 saturated heterocycles. The molecule has 70 valence electrons. The van der Waals surface area contributed by atoms with E-state index in [1.807, 2.05) is 6.07 Å². The molecule has 0 spiro atoms. The van der Waals surface area contributed by atoms with Crippen molar-refractivity contribution < 1.29 is 4.39 Å². The van der Waals surface area contributed by atoms with Crippen LogP contribution >= 0.6 is 0 Å². The van der Waals surface area contributed by atoms with Crippen molar-refractivity contribution in [2.24, 2.45) is 0 Å². The Morgan fingerprint density at radius 3 is 3.00 bits per heavy atom. The van der Waals surface area contributed by atoms with Crippen LogP contribution in [0.1, 0.15) is 25.8 Å². The van der Waals surface area contributed by atoms with Gasteiger partial charge in [-0.1, -0.05) is 13.8 Å². The molecule has 1 heterocycles. The molecule has 13 heavy (non-hydrogen) atoms. The summed E-state index contributed by atoms with van der Waals surface area (Å²) in [5, 5.41) is 3.30. The summed E-state index contributed by atoms with van der Waals surface area (Å²) in [7, 11) is 0. The molecule has 1 aliphatic heterocycles. The van der Waals surface area contributed by atoms with Crippen LogP contribution in [0.3, 0.4) is 0 Å². The summed E-state index contributed by atoms with van der Waals surface area (Å²) in [5.41, 5.74) is 2.32. The topological polar surface area (TPSA) is 12.0 Å². The molecular formula is C11H14FN. The van der Waals surface area contributed by atoms with Gasteiger partial charge < -0.3 is 5.32 Å². The summed E-state index contributed by atoms with van der Waals surface area (Å²) in [6.07, 6.45) is 1.04. The van der Waals surface area contributed by atoms with E-state index in [-0.39, 0.29) is 11.2 Å². The molecule has 0 unspecified atom stereocenters. The van der Waals surface area contributed by atoms with Gasteiger partial charge in [0.1, 0.15) is 5.82 Å². The number of anilines is 1. The Balaban J connectivity index is 2.52. The van der Waals surface area contributed by atoms with E-state index in [2.05, 4.69) is 19.2 Å². The lowest BCUT2D eigenvalue weighted by molar-refractivity contribution is 0.500. The largest absolute Gasteiger partial charge is 0.384 e. The van der Waals surface area contributed by atoms with Crippen LogP contribution < -0.4 is 5.32 Å². The highest BCUT2D eigenvalue weighted by Gasteiger charge is 2.32. The maximum atomic E-state index is 13.0. The maximum Gasteiger partial charge on any atom is 0.123 e. The first-order valence-electron chi connectivity index (χ1n) is 4.69. The molecule has 0 radical (unpaired) electrons. The number of rotatable bonds is 1. The lowest BCUT2D eigenvalue weighted by atomic mass is 9.82. The lowest BCUT2D eigenvalue weighted by Crippen LogP contribution is -2.22. The molecule has 1 aliphatic rings. The highest BCUT2D eigenvalue weighted by atomic mass is 19.1. The summed E-state index contributed by atoms with van der Waals surface area (Å²) in [5.74, 6) is -0.137. The number of nitrogens with one attached hydrogen (secondary N) is 1. The summed E-state index contributed by atoms with van der Waals surface area (Å²) >= 11 is 0. The highest BCUT2D eigenvalue weighted by Crippen LogP contribution is 2.38. The third-order valence-corrected chi connectivity index (χ3v) is 3.08. The van der Waals surface area contributed by atoms with E-state index >= 15 is 0 Å². The zero-order valence-electron chi connectivity index (χ0n) is 8.02. The van der Waals surface area contributed by atoms with Gasteiger partial charge in [-0.25, -0.2) is 4.39 Å². The van der Waals surface area contributed by atoms with Crippen molar-refractivity contribution in [1.29, 1.82) is 0 Å². The summed E-state index contributed by atoms with van der Waals surface area (Å²) in [4.78, 5) is 0. The monoisotopic (exact) mass is 179 g/mol. The van der Waals surface area contributed by atoms with E-state index in [1.54, 1.807) is 6.07 Å². The van der Waals surface area contributed by atoms with E-state index in [9.17, 15) is 4.39 Å². The van der Waals surface area contributed by atoms with Crippen molar-refractivity contribution in [2.45, 2.75) is 25.7 Å². The SMILES string of the molecule is CC[C@@]1(C)CNc2ccc(F)cc21. The predicted molar refractivity (Wildman–Crippen MR) is 52.5 cm³/mol. The number of benzene rings is 1. The van der Waals surface area contributed by atoms with Gasteiger partial charge in [-0.2, -0.15) is 0 Å². The van der Waals surface area contributed by atoms with E-state index in [1.165, 1.54) is 6.07 Å². The zero-order chi connectivity index (χ0) is 9.47. The molecule has 1 N–H and O–H groups in total. The van der Waals surface area contributed by atoms with Gasteiger partial charge in [0.25, 0.3) is 0 Å². The van der Waals surface area contributed by atoms with Crippen molar-refractivity contribution >= 4 is 5.69 Å². The molecule has 0 bridgehead atoms. The van der Waals surface area contributed by atoms with E-state index in [4.69, 9.17) is 0 Å². The van der Waals surface area contributed by atoms with Crippen molar-refractivity contribution in [3.8, 4) is 0 Å². The minimum Gasteiger partial charge on any atom is -0.384 e. The average Bonchev–Trinajstić information content (AvgIpc) is 2.45. The van der Waals surface area contributed by atoms with Crippen molar-refractivity contribution in [3.05, 3.63) is 29.6 Å². The van der Waals surface area contributed by atoms with Gasteiger partial charge in [-0.05, 0) is 30.2 Å². The van der Waals surface area contributed by atoms with Crippen LogP contribution in [-0.4, -0.2) is 6.54 Å². The second-order valence-electron chi connectivity index (χ2n) is 3.96. The minimum absolute atomic E-state index is 0.109. The van der Waals surface area contributed by atoms with Crippen LogP contribution in [0, 0.1) is 5.82 Å². The first-order chi connectivity index (χ1) is 6.15. The Labute approximate surface area is 78.0 Å². The molecule has 1 aromatic rings. The maximum absolute atomic E-state index is 13.0. The first kappa shape index (κ1) is 8.54. The molecule has 0 fully saturated rings. The van der Waals surface area contributed by atoms with Gasteiger partial charge >= 0.3 is 0 Å². The Morgan fingerprint density at radius 1 is 1.54 bits per heavy atom. The van der Waals surface area contributed by atoms with Gasteiger partial charge in [0.2, 0.25) is 0 Å². The van der Waals surface area contributed by atoms with E-state index in [0.29, 0.717) is 0 Å². The number of hydrogen-bond donors (Lipinski definition) is 1. The molecular weight excluding hydrogens is 165 g/mol. The highest BCUT2D eigenvalue weighted by molar-refractivity contribution is 5.60. The quantitative estimate of drug-likeness (QED) is 0.699. The van der Waals surface area contributed by atoms with Crippen molar-refractivity contribution in [3.63, 3.8) is 0 Å². The molecule has 1 nitrogen and oxygen atoms in total. The third-order valence-electron chi connectivity index (χ3n) is 3.08. The van der Waals surface area contributed by atoms with Crippen LogP contribution in [0.15, 0.2) is 18.2 Å². The second-order valence-corrected chi connectivity index (χ2v) is 3.96. The predicted octanol–water partition coefficient (Wildman–Crippen LogP) is 2.92. The van der Waals surface area contributed by atoms with Crippen LogP contribution in [-0.2, 0) is 5.41 Å². The van der Waals surface area contributed by atoms with Gasteiger partial charge in [0.05, 0.1) is 0 Å². The van der Waals surface area contributed by atoms with Gasteiger partial charge in [0.15, 0.2) is 0 Å². The molecule has 0 amide bonds. The van der Waals surface area contributed by atoms with Crippen LogP contribution in [0.5, 0.6) is 0 Å². The molecule has 0 aromatic heterocycles. The van der Waals surface area contributed by atoms with E-state index in [0.717, 1.165) is 24.2 Å². The minimum atomic E-state index is -0.137.